The van der Waals surface area contributed by atoms with Crippen LogP contribution < -0.4 is 9.47 Å². The molecular weight excluding hydrogens is 809 g/mol. The van der Waals surface area contributed by atoms with Crippen molar-refractivity contribution in [3.63, 3.8) is 0 Å². The third-order valence-corrected chi connectivity index (χ3v) is 7.97. The van der Waals surface area contributed by atoms with E-state index in [1.165, 1.54) is 0 Å². The Kier molecular flexibility index (Phi) is 13.3. The fourth-order valence-electron chi connectivity index (χ4n) is 5.52. The van der Waals surface area contributed by atoms with E-state index in [1.54, 1.807) is 30.6 Å². The average Bonchev–Trinajstić information content (AvgIpc) is 3.13. The summed E-state index contributed by atoms with van der Waals surface area (Å²) in [6.07, 6.45) is 9.96. The molecule has 0 spiro atoms. The number of pyridine rings is 3. The number of aromatic nitrogens is 3. The summed E-state index contributed by atoms with van der Waals surface area (Å²) in [6.45, 7) is 3.33. The van der Waals surface area contributed by atoms with Crippen LogP contribution in [0.4, 0.5) is 8.78 Å². The third-order valence-electron chi connectivity index (χ3n) is 7.97. The zero-order valence-electron chi connectivity index (χ0n) is 27.7. The van der Waals surface area contributed by atoms with Crippen molar-refractivity contribution in [2.45, 2.75) is 45.4 Å². The quantitative estimate of drug-likeness (QED) is 0.0761. The monoisotopic (exact) mass is 845 g/mol. The minimum atomic E-state index is -0.699. The molecule has 6 aromatic rings. The number of rotatable bonds is 15. The number of aryl methyl sites for hydroxylation is 1. The van der Waals surface area contributed by atoms with Gasteiger partial charge in [-0.1, -0.05) is 85.7 Å². The van der Waals surface area contributed by atoms with Crippen LogP contribution in [-0.2, 0) is 20.1 Å². The van der Waals surface area contributed by atoms with E-state index in [9.17, 15) is 8.78 Å². The minimum absolute atomic E-state index is 0. The molecule has 0 N–H and O–H groups in total. The van der Waals surface area contributed by atoms with Gasteiger partial charge in [0.05, 0.1) is 13.2 Å². The van der Waals surface area contributed by atoms with Gasteiger partial charge >= 0.3 is 20.1 Å². The third kappa shape index (κ3) is 9.90. The van der Waals surface area contributed by atoms with Gasteiger partial charge in [0.1, 0.15) is 5.75 Å². The van der Waals surface area contributed by atoms with Crippen molar-refractivity contribution in [3.05, 3.63) is 139 Å². The van der Waals surface area contributed by atoms with Crippen molar-refractivity contribution in [1.29, 1.82) is 0 Å². The SMILES string of the molecule is Cc1cc(-c2ccccn2)[c-]c(-c2ncccc2OCCCCCCCCOc2c[c-]c(-c3cccc(-c4[c-]cc(F)cc4F)n3)cc2)c1.[Ir+3]. The zero-order valence-corrected chi connectivity index (χ0v) is 30.1. The maximum Gasteiger partial charge on any atom is 3.00 e. The Morgan fingerprint density at radius 2 is 1.38 bits per heavy atom. The van der Waals surface area contributed by atoms with Crippen LogP contribution in [0.2, 0.25) is 0 Å². The van der Waals surface area contributed by atoms with Crippen LogP contribution in [0.1, 0.15) is 44.1 Å². The summed E-state index contributed by atoms with van der Waals surface area (Å²) in [5, 5.41) is 0. The van der Waals surface area contributed by atoms with E-state index >= 15 is 0 Å². The summed E-state index contributed by atoms with van der Waals surface area (Å²) in [4.78, 5) is 13.6. The number of ether oxygens (including phenoxy) is 2. The van der Waals surface area contributed by atoms with Gasteiger partial charge in [-0.15, -0.1) is 65.7 Å². The molecule has 0 atom stereocenters. The second-order valence-electron chi connectivity index (χ2n) is 11.8. The van der Waals surface area contributed by atoms with E-state index in [1.807, 2.05) is 48.5 Å². The molecule has 8 heteroatoms. The molecule has 0 radical (unpaired) electrons. The summed E-state index contributed by atoms with van der Waals surface area (Å²) in [5.74, 6) is 0.132. The summed E-state index contributed by atoms with van der Waals surface area (Å²) in [6, 6.07) is 36.0. The standard InChI is InChI=1S/C42H36F2N3O2.Ir/c1-30-26-32(38-12-6-7-22-45-38)28-33(27-30)42-41(15-11-23-46-42)49-25-9-5-3-2-4-8-24-48-35-19-16-31(17-20-35)39-13-10-14-40(47-39)36-21-18-34(43)29-37(36)44;/h6-7,10-16,18-20,22-23,26-27,29H,2-5,8-9,24-25H2,1H3;/q-3;+3. The second kappa shape index (κ2) is 18.3. The molecule has 3 heterocycles. The van der Waals surface area contributed by atoms with Crippen molar-refractivity contribution in [3.8, 4) is 56.5 Å². The maximum atomic E-state index is 14.2. The molecule has 0 fully saturated rings. The van der Waals surface area contributed by atoms with Crippen molar-refractivity contribution >= 4 is 0 Å². The fraction of sp³-hybridized carbons (Fsp3) is 0.214. The molecule has 254 valence electrons. The van der Waals surface area contributed by atoms with Crippen molar-refractivity contribution < 1.29 is 38.4 Å². The first-order valence-electron chi connectivity index (χ1n) is 16.6. The number of nitrogens with zero attached hydrogens (tertiary/aromatic N) is 3. The predicted molar refractivity (Wildman–Crippen MR) is 188 cm³/mol. The van der Waals surface area contributed by atoms with E-state index in [2.05, 4.69) is 52.2 Å². The van der Waals surface area contributed by atoms with Crippen LogP contribution in [0.15, 0.2) is 103 Å². The van der Waals surface area contributed by atoms with Crippen LogP contribution in [0.3, 0.4) is 0 Å². The zero-order chi connectivity index (χ0) is 33.8. The van der Waals surface area contributed by atoms with Gasteiger partial charge in [0.2, 0.25) is 0 Å². The summed E-state index contributed by atoms with van der Waals surface area (Å²) >= 11 is 0. The minimum Gasteiger partial charge on any atom is -0.537 e. The Balaban J connectivity index is 0.00000486. The van der Waals surface area contributed by atoms with E-state index in [4.69, 9.17) is 9.47 Å². The Morgan fingerprint density at radius 1 is 0.640 bits per heavy atom. The molecule has 0 saturated carbocycles. The van der Waals surface area contributed by atoms with Crippen LogP contribution in [0, 0.1) is 36.8 Å². The van der Waals surface area contributed by atoms with E-state index in [-0.39, 0.29) is 25.7 Å². The van der Waals surface area contributed by atoms with Crippen molar-refractivity contribution in [2.24, 2.45) is 0 Å². The largest absolute Gasteiger partial charge is 3.00 e. The van der Waals surface area contributed by atoms with Gasteiger partial charge in [-0.05, 0) is 42.4 Å². The Hall–Kier alpha value is -4.78. The molecule has 0 aliphatic rings. The molecule has 0 unspecified atom stereocenters. The number of halogens is 2. The van der Waals surface area contributed by atoms with Gasteiger partial charge in [0.15, 0.2) is 0 Å². The average molecular weight is 845 g/mol. The van der Waals surface area contributed by atoms with Gasteiger partial charge in [-0.3, -0.25) is 18.7 Å². The smallest absolute Gasteiger partial charge is 0.537 e. The topological polar surface area (TPSA) is 57.1 Å². The van der Waals surface area contributed by atoms with Crippen LogP contribution in [0.25, 0.3) is 45.0 Å². The number of hydrogen-bond donors (Lipinski definition) is 0. The molecule has 0 aliphatic heterocycles. The molecule has 50 heavy (non-hydrogen) atoms. The normalized spacial score (nSPS) is 10.8. The fourth-order valence-corrected chi connectivity index (χ4v) is 5.52. The first-order chi connectivity index (χ1) is 24.0. The molecule has 0 bridgehead atoms. The molecule has 3 aromatic carbocycles. The molecule has 0 amide bonds. The van der Waals surface area contributed by atoms with Gasteiger partial charge in [0, 0.05) is 41.2 Å². The molecule has 6 rings (SSSR count). The molecule has 3 aromatic heterocycles. The summed E-state index contributed by atoms with van der Waals surface area (Å²) < 4.78 is 39.6. The molecule has 5 nitrogen and oxygen atoms in total. The van der Waals surface area contributed by atoms with Gasteiger partial charge in [0.25, 0.3) is 0 Å². The van der Waals surface area contributed by atoms with Gasteiger partial charge in [-0.25, -0.2) is 0 Å². The van der Waals surface area contributed by atoms with E-state index < -0.39 is 11.6 Å². The van der Waals surface area contributed by atoms with Gasteiger partial charge < -0.3 is 14.5 Å². The second-order valence-corrected chi connectivity index (χ2v) is 11.8. The van der Waals surface area contributed by atoms with Crippen LogP contribution in [-0.4, -0.2) is 28.2 Å². The van der Waals surface area contributed by atoms with Gasteiger partial charge in [-0.2, -0.15) is 0 Å². The first-order valence-corrected chi connectivity index (χ1v) is 16.6. The van der Waals surface area contributed by atoms with E-state index in [0.717, 1.165) is 95.8 Å². The summed E-state index contributed by atoms with van der Waals surface area (Å²) in [5.41, 5.74) is 6.52. The van der Waals surface area contributed by atoms with Crippen LogP contribution >= 0.6 is 0 Å². The number of hydrogen-bond acceptors (Lipinski definition) is 5. The Labute approximate surface area is 306 Å². The predicted octanol–water partition coefficient (Wildman–Crippen LogP) is 10.3. The first kappa shape index (κ1) is 36.5. The molecular formula is C42H36F2IrN3O2. The number of unbranched alkanes of at least 4 members (excludes halogenated alkanes) is 5. The maximum absolute atomic E-state index is 14.2. The molecule has 0 aliphatic carbocycles. The van der Waals surface area contributed by atoms with Crippen molar-refractivity contribution in [1.82, 2.24) is 15.0 Å². The Bertz CT molecular complexity index is 1970. The van der Waals surface area contributed by atoms with E-state index in [0.29, 0.717) is 24.6 Å². The molecule has 0 saturated heterocycles. The van der Waals surface area contributed by atoms with Crippen molar-refractivity contribution in [2.75, 3.05) is 13.2 Å². The number of benzene rings is 3. The van der Waals surface area contributed by atoms with Crippen LogP contribution in [0.5, 0.6) is 11.5 Å². The summed E-state index contributed by atoms with van der Waals surface area (Å²) in [7, 11) is 0. The Morgan fingerprint density at radius 3 is 2.14 bits per heavy atom.